The number of rotatable bonds is 0. The van der Waals surface area contributed by atoms with E-state index in [0.29, 0.717) is 16.6 Å². The molecule has 0 aliphatic carbocycles. The summed E-state index contributed by atoms with van der Waals surface area (Å²) in [4.78, 5) is 26.3. The van der Waals surface area contributed by atoms with Crippen LogP contribution < -0.4 is 21.4 Å². The second-order valence-corrected chi connectivity index (χ2v) is 7.35. The van der Waals surface area contributed by atoms with Crippen LogP contribution in [0.3, 0.4) is 0 Å². The molecule has 28 heavy (non-hydrogen) atoms. The van der Waals surface area contributed by atoms with Gasteiger partial charge in [-0.1, -0.05) is 34.1 Å². The number of halogens is 1. The maximum atomic E-state index is 13.2. The lowest BCUT2D eigenvalue weighted by Crippen LogP contribution is -2.45. The van der Waals surface area contributed by atoms with Gasteiger partial charge in [-0.3, -0.25) is 4.79 Å². The molecule has 0 bridgehead atoms. The van der Waals surface area contributed by atoms with E-state index in [1.165, 1.54) is 0 Å². The van der Waals surface area contributed by atoms with E-state index in [2.05, 4.69) is 21.2 Å². The van der Waals surface area contributed by atoms with Crippen molar-refractivity contribution in [3.05, 3.63) is 79.9 Å². The molecule has 1 atom stereocenters. The molecule has 2 aromatic carbocycles. The minimum atomic E-state index is -1.74. The van der Waals surface area contributed by atoms with E-state index in [9.17, 15) is 14.9 Å². The third-order valence-corrected chi connectivity index (χ3v) is 5.55. The van der Waals surface area contributed by atoms with Crippen molar-refractivity contribution in [1.82, 2.24) is 0 Å². The Balaban J connectivity index is 2.02. The molecule has 7 nitrogen and oxygen atoms in total. The lowest BCUT2D eigenvalue weighted by atomic mass is 9.69. The molecule has 8 heteroatoms. The van der Waals surface area contributed by atoms with Crippen LogP contribution in [0.1, 0.15) is 11.1 Å². The predicted molar refractivity (Wildman–Crippen MR) is 103 cm³/mol. The van der Waals surface area contributed by atoms with Gasteiger partial charge < -0.3 is 20.2 Å². The highest BCUT2D eigenvalue weighted by Gasteiger charge is 2.58. The monoisotopic (exact) mass is 435 g/mol. The van der Waals surface area contributed by atoms with E-state index in [-0.39, 0.29) is 28.4 Å². The molecule has 2 aliphatic rings. The quantitative estimate of drug-likeness (QED) is 0.524. The number of hydrogen-bond acceptors (Lipinski definition) is 6. The fourth-order valence-electron chi connectivity index (χ4n) is 3.94. The zero-order chi connectivity index (χ0) is 19.6. The number of carbonyl (C=O) groups excluding carboxylic acids is 1. The van der Waals surface area contributed by atoms with Crippen LogP contribution in [-0.2, 0) is 10.2 Å². The second-order valence-electron chi connectivity index (χ2n) is 6.44. The third kappa shape index (κ3) is 1.86. The van der Waals surface area contributed by atoms with Crippen molar-refractivity contribution in [2.24, 2.45) is 5.73 Å². The Morgan fingerprint density at radius 2 is 1.96 bits per heavy atom. The van der Waals surface area contributed by atoms with Gasteiger partial charge in [0.15, 0.2) is 11.2 Å². The smallest absolute Gasteiger partial charge is 0.345 e. The van der Waals surface area contributed by atoms with Crippen molar-refractivity contribution in [3.8, 4) is 11.8 Å². The summed E-state index contributed by atoms with van der Waals surface area (Å²) in [5.41, 5.74) is 4.58. The van der Waals surface area contributed by atoms with E-state index in [0.717, 1.165) is 4.47 Å². The molecule has 2 aliphatic heterocycles. The maximum absolute atomic E-state index is 13.2. The molecule has 0 radical (unpaired) electrons. The molecule has 1 unspecified atom stereocenters. The molecule has 136 valence electrons. The molecule has 0 saturated carbocycles. The number of nitrogens with one attached hydrogen (secondary N) is 1. The van der Waals surface area contributed by atoms with Gasteiger partial charge in [-0.2, -0.15) is 5.26 Å². The van der Waals surface area contributed by atoms with Gasteiger partial charge >= 0.3 is 5.63 Å². The number of benzene rings is 2. The number of para-hydroxylation sites is 1. The summed E-state index contributed by atoms with van der Waals surface area (Å²) in [5, 5.41) is 13.0. The number of carbonyl (C=O) groups is 1. The van der Waals surface area contributed by atoms with Gasteiger partial charge in [0.05, 0.1) is 5.39 Å². The predicted octanol–water partition coefficient (Wildman–Crippen LogP) is 2.88. The van der Waals surface area contributed by atoms with Crippen LogP contribution in [0.15, 0.2) is 67.6 Å². The van der Waals surface area contributed by atoms with E-state index in [1.54, 1.807) is 42.5 Å². The van der Waals surface area contributed by atoms with Crippen LogP contribution in [0.5, 0.6) is 5.75 Å². The number of anilines is 1. The Labute approximate surface area is 166 Å². The van der Waals surface area contributed by atoms with Gasteiger partial charge in [0.1, 0.15) is 22.8 Å². The first kappa shape index (κ1) is 16.6. The lowest BCUT2D eigenvalue weighted by molar-refractivity contribution is -0.118. The van der Waals surface area contributed by atoms with Crippen LogP contribution >= 0.6 is 15.9 Å². The van der Waals surface area contributed by atoms with Crippen LogP contribution in [0.4, 0.5) is 5.69 Å². The molecular weight excluding hydrogens is 426 g/mol. The summed E-state index contributed by atoms with van der Waals surface area (Å²) < 4.78 is 11.9. The van der Waals surface area contributed by atoms with Crippen LogP contribution in [0.2, 0.25) is 0 Å². The molecule has 3 aromatic rings. The topological polar surface area (TPSA) is 118 Å². The molecular formula is C20H10BrN3O4. The highest BCUT2D eigenvalue weighted by molar-refractivity contribution is 9.10. The highest BCUT2D eigenvalue weighted by atomic mass is 79.9. The molecule has 3 heterocycles. The first-order chi connectivity index (χ1) is 13.5. The number of nitrogens with two attached hydrogens (primary N) is 1. The number of nitriles is 1. The zero-order valence-corrected chi connectivity index (χ0v) is 15.7. The Morgan fingerprint density at radius 3 is 2.75 bits per heavy atom. The summed E-state index contributed by atoms with van der Waals surface area (Å²) in [6, 6.07) is 13.8. The highest BCUT2D eigenvalue weighted by Crippen LogP contribution is 2.53. The molecule has 0 saturated heterocycles. The Kier molecular flexibility index (Phi) is 3.24. The molecule has 1 spiro atoms. The minimum absolute atomic E-state index is 0.0636. The summed E-state index contributed by atoms with van der Waals surface area (Å²) in [6.45, 7) is 0. The normalized spacial score (nSPS) is 19.8. The average molecular weight is 436 g/mol. The number of hydrogen-bond donors (Lipinski definition) is 2. The fourth-order valence-corrected chi connectivity index (χ4v) is 4.30. The number of fused-ring (bicyclic) bond motifs is 6. The SMILES string of the molecule is N#CC1=C(N)Oc2c(c(=O)oc3ccc(Br)cc23)C12C(=O)Nc1ccccc12. The van der Waals surface area contributed by atoms with E-state index in [4.69, 9.17) is 14.9 Å². The Hall–Kier alpha value is -3.57. The van der Waals surface area contributed by atoms with E-state index >= 15 is 0 Å². The lowest BCUT2D eigenvalue weighted by Gasteiger charge is -2.32. The second kappa shape index (κ2) is 5.47. The van der Waals surface area contributed by atoms with Crippen molar-refractivity contribution < 1.29 is 13.9 Å². The Bertz CT molecular complexity index is 1350. The average Bonchev–Trinajstić information content (AvgIpc) is 2.95. The zero-order valence-electron chi connectivity index (χ0n) is 14.1. The molecule has 1 aromatic heterocycles. The van der Waals surface area contributed by atoms with Gasteiger partial charge in [-0.15, -0.1) is 0 Å². The molecule has 3 N–H and O–H groups in total. The number of amides is 1. The summed E-state index contributed by atoms with van der Waals surface area (Å²) >= 11 is 3.38. The van der Waals surface area contributed by atoms with Crippen molar-refractivity contribution in [2.45, 2.75) is 5.41 Å². The Morgan fingerprint density at radius 1 is 1.18 bits per heavy atom. The van der Waals surface area contributed by atoms with Crippen LogP contribution in [0, 0.1) is 11.3 Å². The summed E-state index contributed by atoms with van der Waals surface area (Å²) in [5.74, 6) is -0.677. The van der Waals surface area contributed by atoms with E-state index in [1.807, 2.05) is 6.07 Å². The standard InChI is InChI=1S/C20H10BrN3O4/c21-9-5-6-14-10(7-9)16-15(18(25)27-14)20(12(8-22)17(23)28-16)11-3-1-2-4-13(11)24-19(20)26/h1-7H,23H2,(H,24,26). The molecule has 1 amide bonds. The third-order valence-electron chi connectivity index (χ3n) is 5.06. The summed E-state index contributed by atoms with van der Waals surface area (Å²) in [6.07, 6.45) is 0. The number of ether oxygens (including phenoxy) is 1. The first-order valence-corrected chi connectivity index (χ1v) is 9.03. The fraction of sp³-hybridized carbons (Fsp3) is 0.0500. The van der Waals surface area contributed by atoms with E-state index < -0.39 is 16.9 Å². The van der Waals surface area contributed by atoms with Gasteiger partial charge in [0.25, 0.3) is 0 Å². The van der Waals surface area contributed by atoms with Crippen molar-refractivity contribution in [3.63, 3.8) is 0 Å². The largest absolute Gasteiger partial charge is 0.439 e. The summed E-state index contributed by atoms with van der Waals surface area (Å²) in [7, 11) is 0. The maximum Gasteiger partial charge on any atom is 0.345 e. The minimum Gasteiger partial charge on any atom is -0.439 e. The van der Waals surface area contributed by atoms with Gasteiger partial charge in [-0.05, 0) is 24.3 Å². The first-order valence-electron chi connectivity index (χ1n) is 8.24. The number of nitrogens with zero attached hydrogens (tertiary/aromatic N) is 1. The van der Waals surface area contributed by atoms with Gasteiger partial charge in [0, 0.05) is 15.7 Å². The van der Waals surface area contributed by atoms with Crippen molar-refractivity contribution in [2.75, 3.05) is 5.32 Å². The van der Waals surface area contributed by atoms with Gasteiger partial charge in [0.2, 0.25) is 11.8 Å². The molecule has 5 rings (SSSR count). The van der Waals surface area contributed by atoms with Crippen molar-refractivity contribution >= 4 is 38.5 Å². The van der Waals surface area contributed by atoms with Crippen LogP contribution in [0.25, 0.3) is 11.0 Å². The van der Waals surface area contributed by atoms with Crippen molar-refractivity contribution in [1.29, 1.82) is 5.26 Å². The van der Waals surface area contributed by atoms with Gasteiger partial charge in [-0.25, -0.2) is 4.79 Å². The molecule has 0 fully saturated rings. The van der Waals surface area contributed by atoms with Crippen LogP contribution in [-0.4, -0.2) is 5.91 Å².